The molecule has 10 aromatic carbocycles. The van der Waals surface area contributed by atoms with Gasteiger partial charge < -0.3 is 4.74 Å². The Kier molecular flexibility index (Phi) is 5.81. The van der Waals surface area contributed by atoms with Crippen LogP contribution in [0.15, 0.2) is 266 Å². The lowest BCUT2D eigenvalue weighted by Crippen LogP contribution is -2.74. The van der Waals surface area contributed by atoms with Crippen LogP contribution in [-0.4, -0.2) is 22.2 Å². The van der Waals surface area contributed by atoms with Gasteiger partial charge in [-0.05, 0) is 105 Å². The molecular weight excluding hydrogens is 917 g/mol. The number of imidazole rings is 1. The maximum absolute atomic E-state index is 10.6. The van der Waals surface area contributed by atoms with E-state index in [4.69, 9.17) is 32.2 Å². The predicted molar refractivity (Wildman–Crippen MR) is 306 cm³/mol. The average molecular weight is 997 g/mol. The summed E-state index contributed by atoms with van der Waals surface area (Å²) in [6.45, 7) is -6.00. The van der Waals surface area contributed by atoms with Gasteiger partial charge in [0.1, 0.15) is 17.3 Å². The zero-order valence-corrected chi connectivity index (χ0v) is 39.2. The zero-order chi connectivity index (χ0) is 75.5. The first kappa shape index (κ1) is 23.0. The van der Waals surface area contributed by atoms with Crippen molar-refractivity contribution in [3.63, 3.8) is 0 Å². The van der Waals surface area contributed by atoms with E-state index in [1.54, 1.807) is 83.4 Å². The Morgan fingerprint density at radius 3 is 1.86 bits per heavy atom. The molecule has 0 aliphatic rings. The number of benzene rings is 10. The van der Waals surface area contributed by atoms with Gasteiger partial charge in [-0.25, -0.2) is 4.98 Å². The highest BCUT2D eigenvalue weighted by Crippen LogP contribution is 2.37. The predicted octanol–water partition coefficient (Wildman–Crippen LogP) is 13.3. The second-order valence-corrected chi connectivity index (χ2v) is 20.2. The van der Waals surface area contributed by atoms with E-state index in [1.165, 1.54) is 39.6 Å². The number of ether oxygens (including phenoxy) is 1. The molecule has 3 heterocycles. The number of para-hydroxylation sites is 4. The fraction of sp³-hybridized carbons (Fsp3) is 0.0294. The van der Waals surface area contributed by atoms with Crippen molar-refractivity contribution in [3.8, 4) is 50.9 Å². The van der Waals surface area contributed by atoms with Crippen molar-refractivity contribution >= 4 is 61.7 Å². The molecule has 0 fully saturated rings. The van der Waals surface area contributed by atoms with Crippen LogP contribution in [0, 0.1) is 20.0 Å². The Balaban J connectivity index is 1.03. The molecular formula is C68H50N4OSi. The monoisotopic (exact) mass is 997 g/mol. The highest BCUT2D eigenvalue weighted by Gasteiger charge is 2.41. The number of rotatable bonds is 11. The molecule has 0 bridgehead atoms. The molecule has 0 radical (unpaired) electrons. The maximum atomic E-state index is 10.6. The van der Waals surface area contributed by atoms with Gasteiger partial charge in [-0.15, -0.1) is 0 Å². The van der Waals surface area contributed by atoms with Gasteiger partial charge in [0.15, 0.2) is 8.07 Å². The number of aryl methyl sites for hydroxylation is 2. The van der Waals surface area contributed by atoms with E-state index in [1.807, 2.05) is 12.1 Å². The van der Waals surface area contributed by atoms with E-state index >= 15 is 0 Å². The third-order valence-electron chi connectivity index (χ3n) is 12.6. The largest absolute Gasteiger partial charge is 0.458 e. The normalized spacial score (nSPS) is 17.7. The highest BCUT2D eigenvalue weighted by molar-refractivity contribution is 7.19. The molecule has 0 spiro atoms. The molecule has 0 unspecified atom stereocenters. The van der Waals surface area contributed by atoms with Crippen LogP contribution >= 0.6 is 0 Å². The maximum Gasteiger partial charge on any atom is 0.269 e. The molecule has 13 aromatic rings. The van der Waals surface area contributed by atoms with E-state index < -0.39 is 204 Å². The van der Waals surface area contributed by atoms with Crippen LogP contribution in [0.1, 0.15) is 52.2 Å². The third-order valence-corrected chi connectivity index (χ3v) is 16.6. The first-order valence-corrected chi connectivity index (χ1v) is 24.7. The summed E-state index contributed by atoms with van der Waals surface area (Å²) >= 11 is 0. The Labute approximate surface area is 474 Å². The van der Waals surface area contributed by atoms with Gasteiger partial charge in [-0.2, -0.15) is 0 Å². The Morgan fingerprint density at radius 2 is 1.14 bits per heavy atom. The van der Waals surface area contributed by atoms with Gasteiger partial charge in [0.25, 0.3) is 6.33 Å². The van der Waals surface area contributed by atoms with E-state index in [0.29, 0.717) is 27.6 Å². The second-order valence-electron chi connectivity index (χ2n) is 16.7. The van der Waals surface area contributed by atoms with Crippen LogP contribution < -0.4 is 30.1 Å². The minimum absolute atomic E-state index is 0.0982. The lowest BCUT2D eigenvalue weighted by atomic mass is 10.00. The molecule has 0 saturated carbocycles. The SMILES string of the molecule is [2H]c1c([2H])c([2H])c(-c2cnc(-n3c4ccccc4c4ccc(Oc5cccc(-n6[c-][n+](-c7c(-c8c([2H])c([2H])c([2H])c([Si](c9c([2H])c([2H])c([2H])c([2H])c9[2H])(c9c([2H])c([2H])c([2H])c([2H])c9[2H])c9c([2H])c([2H])c([2H])c([2H])c9[2H])c8[2H])cccc7C([2H])([2H])[2H])c7ccccc76)c5)cc43)cc2C([2H])([2H])[2H])c([2H])c1[2H]. The summed E-state index contributed by atoms with van der Waals surface area (Å²) in [5, 5.41) is -2.83. The lowest BCUT2D eigenvalue weighted by molar-refractivity contribution is -0.572. The summed E-state index contributed by atoms with van der Waals surface area (Å²) in [7, 11) is -6.33. The molecule has 5 nitrogen and oxygen atoms in total. The minimum Gasteiger partial charge on any atom is -0.458 e. The van der Waals surface area contributed by atoms with Gasteiger partial charge in [0, 0.05) is 36.8 Å². The Bertz CT molecular complexity index is 5620. The summed E-state index contributed by atoms with van der Waals surface area (Å²) in [6, 6.07) is 5.54. The van der Waals surface area contributed by atoms with Crippen LogP contribution in [0.2, 0.25) is 0 Å². The van der Waals surface area contributed by atoms with Crippen molar-refractivity contribution in [2.75, 3.05) is 0 Å². The average Bonchev–Trinajstić information content (AvgIpc) is 0.863. The summed E-state index contributed by atoms with van der Waals surface area (Å²) < 4.78 is 284. The fourth-order valence-corrected chi connectivity index (χ4v) is 12.9. The van der Waals surface area contributed by atoms with Gasteiger partial charge in [-0.3, -0.25) is 13.7 Å². The summed E-state index contributed by atoms with van der Waals surface area (Å²) in [4.78, 5) is 4.66. The molecule has 74 heavy (non-hydrogen) atoms. The van der Waals surface area contributed by atoms with Crippen molar-refractivity contribution in [3.05, 3.63) is 284 Å². The van der Waals surface area contributed by atoms with Crippen molar-refractivity contribution in [2.24, 2.45) is 0 Å². The molecule has 0 N–H and O–H groups in total. The van der Waals surface area contributed by atoms with Crippen molar-refractivity contribution in [1.82, 2.24) is 14.1 Å². The van der Waals surface area contributed by atoms with Crippen LogP contribution in [0.4, 0.5) is 0 Å². The number of aromatic nitrogens is 4. The molecule has 6 heteroatoms. The molecule has 0 aliphatic carbocycles. The Morgan fingerprint density at radius 1 is 0.514 bits per heavy atom. The van der Waals surface area contributed by atoms with Crippen LogP contribution in [0.25, 0.3) is 72.3 Å². The summed E-state index contributed by atoms with van der Waals surface area (Å²) in [5.74, 6) is 0.561. The van der Waals surface area contributed by atoms with Gasteiger partial charge >= 0.3 is 0 Å². The zero-order valence-electron chi connectivity index (χ0n) is 68.2. The molecule has 13 rings (SSSR count). The van der Waals surface area contributed by atoms with Gasteiger partial charge in [-0.1, -0.05) is 212 Å². The van der Waals surface area contributed by atoms with Crippen molar-refractivity contribution < 1.29 is 50.4 Å². The summed E-state index contributed by atoms with van der Waals surface area (Å²) in [5.41, 5.74) is -0.919. The lowest BCUT2D eigenvalue weighted by Gasteiger charge is -2.34. The highest BCUT2D eigenvalue weighted by atomic mass is 28.3. The van der Waals surface area contributed by atoms with Crippen LogP contribution in [-0.2, 0) is 0 Å². The number of nitrogens with zero attached hydrogens (tertiary/aromatic N) is 4. The van der Waals surface area contributed by atoms with E-state index in [2.05, 4.69) is 11.3 Å². The number of hydrogen-bond donors (Lipinski definition) is 0. The first-order chi connectivity index (χ1) is 48.9. The van der Waals surface area contributed by atoms with Crippen molar-refractivity contribution in [1.29, 1.82) is 0 Å². The molecule has 352 valence electrons. The summed E-state index contributed by atoms with van der Waals surface area (Å²) in [6.07, 6.45) is 4.40. The molecule has 0 atom stereocenters. The molecule has 3 aromatic heterocycles. The number of pyridine rings is 1. The van der Waals surface area contributed by atoms with Gasteiger partial charge in [0.05, 0.1) is 66.3 Å². The Hall–Kier alpha value is -9.36. The van der Waals surface area contributed by atoms with E-state index in [0.717, 1.165) is 5.39 Å². The fourth-order valence-electron chi connectivity index (χ4n) is 9.37. The van der Waals surface area contributed by atoms with Crippen LogP contribution in [0.5, 0.6) is 11.5 Å². The van der Waals surface area contributed by atoms with E-state index in [9.17, 15) is 13.7 Å². The number of fused-ring (bicyclic) bond motifs is 4. The quantitative estimate of drug-likeness (QED) is 0.0560. The second kappa shape index (κ2) is 18.7. The number of hydrogen-bond acceptors (Lipinski definition) is 2. The minimum atomic E-state index is -6.33. The first-order valence-electron chi connectivity index (χ1n) is 37.7. The van der Waals surface area contributed by atoms with Gasteiger partial charge in [0.2, 0.25) is 0 Å². The van der Waals surface area contributed by atoms with E-state index in [-0.39, 0.29) is 45.2 Å². The molecule has 0 aliphatic heterocycles. The third kappa shape index (κ3) is 7.63. The standard InChI is InChI=1S/C68H50N4OSi/c1-48-22-19-36-59(51-25-20-34-58(43-51)74(55-28-9-4-10-29-55,56-30-11-5-12-31-56)57-32-13-6-14-33-57)68(48)71-47-70(64-38-17-18-39-65(64)71)52-26-21-27-53(44-52)73-54-40-41-61-60-35-15-16-37-63(60)72(66(61)45-54)67-42-49(2)62(46-69-67)50-23-7-3-8-24-50/h3-46H,1-2H3/i1D3,2D3,3D,4D,5D,6D,7D,8D,9D,10D,11D,12D,13D,14D,20D,23D,24D,25D,28D,29D,30D,31D,32D,33D,34D,43D. The molecule has 0 saturated heterocycles. The molecule has 0 amide bonds. The van der Waals surface area contributed by atoms with Crippen LogP contribution in [0.3, 0.4) is 0 Å². The topological polar surface area (TPSA) is 35.9 Å². The smallest absolute Gasteiger partial charge is 0.269 e. The van der Waals surface area contributed by atoms with Crippen molar-refractivity contribution in [2.45, 2.75) is 13.7 Å².